The quantitative estimate of drug-likeness (QED) is 0.717. The summed E-state index contributed by atoms with van der Waals surface area (Å²) >= 11 is 2.03. The first-order chi connectivity index (χ1) is 12.2. The Labute approximate surface area is 169 Å². The molecule has 1 aliphatic heterocycles. The second-order valence-corrected chi connectivity index (χ2v) is 8.95. The fourth-order valence-electron chi connectivity index (χ4n) is 3.90. The van der Waals surface area contributed by atoms with Crippen molar-refractivity contribution in [1.82, 2.24) is 10.2 Å². The van der Waals surface area contributed by atoms with Gasteiger partial charge in [0, 0.05) is 10.1 Å². The lowest BCUT2D eigenvalue weighted by atomic mass is 10.0. The number of amides is 1. The van der Waals surface area contributed by atoms with E-state index in [1.165, 1.54) is 61.8 Å². The maximum atomic E-state index is 12.3. The van der Waals surface area contributed by atoms with Gasteiger partial charge in [-0.3, -0.25) is 9.69 Å². The SMILES string of the molecule is CC(NC(=O)CN1CCCCC1)c1ccc(SC2CCCCC2)cc1.Cl. The first kappa shape index (κ1) is 21.6. The average Bonchev–Trinajstić information content (AvgIpc) is 2.64. The highest BCUT2D eigenvalue weighted by Gasteiger charge is 2.17. The maximum absolute atomic E-state index is 12.3. The average molecular weight is 397 g/mol. The van der Waals surface area contributed by atoms with Crippen LogP contribution in [0.15, 0.2) is 29.2 Å². The van der Waals surface area contributed by atoms with Crippen molar-refractivity contribution >= 4 is 30.1 Å². The molecule has 3 nitrogen and oxygen atoms in total. The molecule has 2 fully saturated rings. The Morgan fingerprint density at radius 1 is 1.08 bits per heavy atom. The Morgan fingerprint density at radius 2 is 1.69 bits per heavy atom. The Morgan fingerprint density at radius 3 is 2.35 bits per heavy atom. The summed E-state index contributed by atoms with van der Waals surface area (Å²) in [5.41, 5.74) is 1.19. The molecule has 0 bridgehead atoms. The summed E-state index contributed by atoms with van der Waals surface area (Å²) in [5.74, 6) is 0.148. The molecule has 1 amide bonds. The van der Waals surface area contributed by atoms with E-state index in [9.17, 15) is 4.79 Å². The first-order valence-corrected chi connectivity index (χ1v) is 10.9. The minimum absolute atomic E-state index is 0. The van der Waals surface area contributed by atoms with Crippen LogP contribution in [0.2, 0.25) is 0 Å². The normalized spacial score (nSPS) is 20.2. The number of rotatable bonds is 6. The lowest BCUT2D eigenvalue weighted by molar-refractivity contribution is -0.123. The Hall–Kier alpha value is -0.710. The molecule has 26 heavy (non-hydrogen) atoms. The van der Waals surface area contributed by atoms with Crippen LogP contribution >= 0.6 is 24.2 Å². The number of thioether (sulfide) groups is 1. The smallest absolute Gasteiger partial charge is 0.234 e. The van der Waals surface area contributed by atoms with Crippen LogP contribution in [-0.4, -0.2) is 35.7 Å². The number of likely N-dealkylation sites (tertiary alicyclic amines) is 1. The molecule has 1 heterocycles. The molecular weight excluding hydrogens is 364 g/mol. The number of carbonyl (C=O) groups is 1. The highest BCUT2D eigenvalue weighted by atomic mass is 35.5. The number of hydrogen-bond acceptors (Lipinski definition) is 3. The minimum Gasteiger partial charge on any atom is -0.348 e. The van der Waals surface area contributed by atoms with Gasteiger partial charge in [0.1, 0.15) is 0 Å². The van der Waals surface area contributed by atoms with Gasteiger partial charge in [-0.1, -0.05) is 37.8 Å². The topological polar surface area (TPSA) is 32.3 Å². The zero-order valence-electron chi connectivity index (χ0n) is 15.9. The van der Waals surface area contributed by atoms with Crippen LogP contribution in [0.25, 0.3) is 0 Å². The summed E-state index contributed by atoms with van der Waals surface area (Å²) in [6.45, 7) is 4.75. The number of carbonyl (C=O) groups excluding carboxylic acids is 1. The van der Waals surface area contributed by atoms with Gasteiger partial charge >= 0.3 is 0 Å². The van der Waals surface area contributed by atoms with Gasteiger partial charge in [-0.25, -0.2) is 0 Å². The molecule has 0 radical (unpaired) electrons. The van der Waals surface area contributed by atoms with Gasteiger partial charge in [-0.2, -0.15) is 0 Å². The van der Waals surface area contributed by atoms with Crippen molar-refractivity contribution in [3.05, 3.63) is 29.8 Å². The molecule has 0 aromatic heterocycles. The Bertz CT molecular complexity index is 539. The lowest BCUT2D eigenvalue weighted by Gasteiger charge is -2.26. The lowest BCUT2D eigenvalue weighted by Crippen LogP contribution is -2.40. The van der Waals surface area contributed by atoms with Crippen molar-refractivity contribution < 1.29 is 4.79 Å². The van der Waals surface area contributed by atoms with E-state index in [1.54, 1.807) is 0 Å². The number of nitrogens with one attached hydrogen (secondary N) is 1. The number of nitrogens with zero attached hydrogens (tertiary/aromatic N) is 1. The molecule has 146 valence electrons. The van der Waals surface area contributed by atoms with E-state index in [0.29, 0.717) is 6.54 Å². The number of hydrogen-bond donors (Lipinski definition) is 1. The van der Waals surface area contributed by atoms with E-state index in [-0.39, 0.29) is 24.4 Å². The van der Waals surface area contributed by atoms with Gasteiger partial charge in [0.15, 0.2) is 0 Å². The second kappa shape index (κ2) is 11.2. The fraction of sp³-hybridized carbons (Fsp3) is 0.667. The summed E-state index contributed by atoms with van der Waals surface area (Å²) < 4.78 is 0. The maximum Gasteiger partial charge on any atom is 0.234 e. The van der Waals surface area contributed by atoms with E-state index in [0.717, 1.165) is 18.3 Å². The molecule has 1 saturated heterocycles. The van der Waals surface area contributed by atoms with Gasteiger partial charge in [-0.15, -0.1) is 24.2 Å². The molecule has 1 aromatic rings. The number of halogens is 1. The van der Waals surface area contributed by atoms with Crippen LogP contribution in [0.1, 0.15) is 69.9 Å². The van der Waals surface area contributed by atoms with Gasteiger partial charge in [0.25, 0.3) is 0 Å². The van der Waals surface area contributed by atoms with Crippen LogP contribution in [0, 0.1) is 0 Å². The summed E-state index contributed by atoms with van der Waals surface area (Å²) in [5, 5.41) is 3.95. The van der Waals surface area contributed by atoms with Crippen molar-refractivity contribution in [2.45, 2.75) is 74.5 Å². The van der Waals surface area contributed by atoms with Crippen LogP contribution in [-0.2, 0) is 4.79 Å². The Balaban J connectivity index is 0.00000243. The Kier molecular flexibility index (Phi) is 9.30. The minimum atomic E-state index is 0. The zero-order valence-corrected chi connectivity index (χ0v) is 17.5. The molecule has 1 saturated carbocycles. The van der Waals surface area contributed by atoms with E-state index in [1.807, 2.05) is 11.8 Å². The number of benzene rings is 1. The molecular formula is C21H33ClN2OS. The van der Waals surface area contributed by atoms with Crippen molar-refractivity contribution in [2.75, 3.05) is 19.6 Å². The molecule has 1 aromatic carbocycles. The molecule has 0 spiro atoms. The third-order valence-electron chi connectivity index (χ3n) is 5.43. The van der Waals surface area contributed by atoms with Gasteiger partial charge in [-0.05, 0) is 63.4 Å². The molecule has 5 heteroatoms. The summed E-state index contributed by atoms with van der Waals surface area (Å²) in [6, 6.07) is 8.88. The van der Waals surface area contributed by atoms with Crippen molar-refractivity contribution in [3.63, 3.8) is 0 Å². The molecule has 1 unspecified atom stereocenters. The predicted molar refractivity (Wildman–Crippen MR) is 113 cm³/mol. The summed E-state index contributed by atoms with van der Waals surface area (Å²) in [7, 11) is 0. The van der Waals surface area contributed by atoms with Crippen LogP contribution in [0.3, 0.4) is 0 Å². The van der Waals surface area contributed by atoms with E-state index in [2.05, 4.69) is 41.4 Å². The largest absolute Gasteiger partial charge is 0.348 e. The standard InChI is InChI=1S/C21H32N2OS.ClH/c1-17(22-21(24)16-23-14-6-3-7-15-23)18-10-12-20(13-11-18)25-19-8-4-2-5-9-19;/h10-13,17,19H,2-9,14-16H2,1H3,(H,22,24);1H. The monoisotopic (exact) mass is 396 g/mol. The first-order valence-electron chi connectivity index (χ1n) is 9.99. The van der Waals surface area contributed by atoms with Gasteiger partial charge < -0.3 is 5.32 Å². The van der Waals surface area contributed by atoms with Gasteiger partial charge in [0.2, 0.25) is 5.91 Å². The summed E-state index contributed by atoms with van der Waals surface area (Å²) in [4.78, 5) is 15.9. The van der Waals surface area contributed by atoms with Crippen molar-refractivity contribution in [2.24, 2.45) is 0 Å². The van der Waals surface area contributed by atoms with Crippen LogP contribution < -0.4 is 5.32 Å². The molecule has 1 aliphatic carbocycles. The highest BCUT2D eigenvalue weighted by molar-refractivity contribution is 8.00. The summed E-state index contributed by atoms with van der Waals surface area (Å²) in [6.07, 6.45) is 10.6. The third kappa shape index (κ3) is 6.79. The fourth-order valence-corrected chi connectivity index (χ4v) is 5.15. The van der Waals surface area contributed by atoms with E-state index < -0.39 is 0 Å². The molecule has 1 atom stereocenters. The molecule has 1 N–H and O–H groups in total. The van der Waals surface area contributed by atoms with E-state index in [4.69, 9.17) is 0 Å². The van der Waals surface area contributed by atoms with E-state index >= 15 is 0 Å². The molecule has 2 aliphatic rings. The van der Waals surface area contributed by atoms with Crippen LogP contribution in [0.5, 0.6) is 0 Å². The second-order valence-electron chi connectivity index (χ2n) is 7.57. The third-order valence-corrected chi connectivity index (χ3v) is 6.78. The molecule has 3 rings (SSSR count). The zero-order chi connectivity index (χ0) is 17.5. The number of piperidine rings is 1. The van der Waals surface area contributed by atoms with Gasteiger partial charge in [0.05, 0.1) is 12.6 Å². The van der Waals surface area contributed by atoms with Crippen molar-refractivity contribution in [3.8, 4) is 0 Å². The highest BCUT2D eigenvalue weighted by Crippen LogP contribution is 2.33. The van der Waals surface area contributed by atoms with Crippen molar-refractivity contribution in [1.29, 1.82) is 0 Å². The predicted octanol–water partition coefficient (Wildman–Crippen LogP) is 5.20. The van der Waals surface area contributed by atoms with Crippen LogP contribution in [0.4, 0.5) is 0 Å².